The van der Waals surface area contributed by atoms with Crippen LogP contribution in [0.5, 0.6) is 0 Å². The zero-order chi connectivity index (χ0) is 14.5. The fourth-order valence-electron chi connectivity index (χ4n) is 2.98. The fourth-order valence-corrected chi connectivity index (χ4v) is 3.50. The zero-order valence-corrected chi connectivity index (χ0v) is 13.4. The molecule has 1 saturated carbocycles. The molecule has 2 atom stereocenters. The van der Waals surface area contributed by atoms with Gasteiger partial charge in [-0.3, -0.25) is 0 Å². The third-order valence-electron chi connectivity index (χ3n) is 4.09. The first-order valence-electron chi connectivity index (χ1n) is 7.28. The lowest BCUT2D eigenvalue weighted by atomic mass is 9.82. The molecule has 0 spiro atoms. The Balaban J connectivity index is 1.83. The second-order valence-corrected chi connectivity index (χ2v) is 6.73. The SMILES string of the molecule is CC1CCCC(CNCc2ccc(C(=O)O)cc2Br)C1. The summed E-state index contributed by atoms with van der Waals surface area (Å²) in [6.45, 7) is 4.18. The highest BCUT2D eigenvalue weighted by Gasteiger charge is 2.18. The summed E-state index contributed by atoms with van der Waals surface area (Å²) in [5, 5.41) is 12.4. The average molecular weight is 340 g/mol. The standard InChI is InChI=1S/C16H22BrNO2/c1-11-3-2-4-12(7-11)9-18-10-14-6-5-13(16(19)20)8-15(14)17/h5-6,8,11-12,18H,2-4,7,9-10H2,1H3,(H,19,20). The van der Waals surface area contributed by atoms with Crippen molar-refractivity contribution in [1.82, 2.24) is 5.32 Å². The molecular formula is C16H22BrNO2. The van der Waals surface area contributed by atoms with E-state index in [9.17, 15) is 4.79 Å². The molecule has 0 heterocycles. The molecule has 3 nitrogen and oxygen atoms in total. The van der Waals surface area contributed by atoms with Crippen LogP contribution in [-0.2, 0) is 6.54 Å². The number of hydrogen-bond donors (Lipinski definition) is 2. The van der Waals surface area contributed by atoms with Crippen molar-refractivity contribution in [3.63, 3.8) is 0 Å². The van der Waals surface area contributed by atoms with Gasteiger partial charge in [0.05, 0.1) is 5.56 Å². The summed E-state index contributed by atoms with van der Waals surface area (Å²) < 4.78 is 0.863. The molecule has 1 aromatic rings. The fraction of sp³-hybridized carbons (Fsp3) is 0.562. The van der Waals surface area contributed by atoms with Crippen LogP contribution in [0, 0.1) is 11.8 Å². The number of nitrogens with one attached hydrogen (secondary N) is 1. The first-order valence-corrected chi connectivity index (χ1v) is 8.08. The van der Waals surface area contributed by atoms with E-state index in [0.29, 0.717) is 5.56 Å². The van der Waals surface area contributed by atoms with Crippen molar-refractivity contribution >= 4 is 21.9 Å². The normalized spacial score (nSPS) is 22.7. The Morgan fingerprint density at radius 3 is 2.90 bits per heavy atom. The molecule has 20 heavy (non-hydrogen) atoms. The molecule has 0 bridgehead atoms. The summed E-state index contributed by atoms with van der Waals surface area (Å²) in [5.41, 5.74) is 1.43. The van der Waals surface area contributed by atoms with Crippen LogP contribution in [0.25, 0.3) is 0 Å². The topological polar surface area (TPSA) is 49.3 Å². The monoisotopic (exact) mass is 339 g/mol. The maximum Gasteiger partial charge on any atom is 0.335 e. The molecule has 1 fully saturated rings. The van der Waals surface area contributed by atoms with E-state index in [1.807, 2.05) is 6.07 Å². The number of hydrogen-bond acceptors (Lipinski definition) is 2. The van der Waals surface area contributed by atoms with Gasteiger partial charge in [-0.25, -0.2) is 4.79 Å². The Labute approximate surface area is 128 Å². The molecule has 2 N–H and O–H groups in total. The van der Waals surface area contributed by atoms with Crippen LogP contribution in [-0.4, -0.2) is 17.6 Å². The van der Waals surface area contributed by atoms with E-state index in [1.54, 1.807) is 12.1 Å². The summed E-state index contributed by atoms with van der Waals surface area (Å²) in [7, 11) is 0. The molecule has 1 aromatic carbocycles. The number of carboxylic acids is 1. The van der Waals surface area contributed by atoms with Crippen molar-refractivity contribution in [3.05, 3.63) is 33.8 Å². The number of aromatic carboxylic acids is 1. The van der Waals surface area contributed by atoms with Gasteiger partial charge in [0.25, 0.3) is 0 Å². The molecule has 2 rings (SSSR count). The molecule has 110 valence electrons. The van der Waals surface area contributed by atoms with Gasteiger partial charge in [0.2, 0.25) is 0 Å². The van der Waals surface area contributed by atoms with E-state index in [-0.39, 0.29) is 0 Å². The molecule has 1 aliphatic rings. The Kier molecular flexibility index (Phi) is 5.61. The van der Waals surface area contributed by atoms with Gasteiger partial charge in [-0.2, -0.15) is 0 Å². The highest BCUT2D eigenvalue weighted by molar-refractivity contribution is 9.10. The quantitative estimate of drug-likeness (QED) is 0.850. The highest BCUT2D eigenvalue weighted by atomic mass is 79.9. The van der Waals surface area contributed by atoms with Crippen LogP contribution in [0.3, 0.4) is 0 Å². The van der Waals surface area contributed by atoms with E-state index >= 15 is 0 Å². The van der Waals surface area contributed by atoms with Gasteiger partial charge in [-0.15, -0.1) is 0 Å². The van der Waals surface area contributed by atoms with Crippen LogP contribution in [0.2, 0.25) is 0 Å². The lowest BCUT2D eigenvalue weighted by molar-refractivity contribution is 0.0697. The van der Waals surface area contributed by atoms with Crippen molar-refractivity contribution < 1.29 is 9.90 Å². The predicted octanol–water partition coefficient (Wildman–Crippen LogP) is 4.06. The smallest absolute Gasteiger partial charge is 0.335 e. The summed E-state index contributed by atoms with van der Waals surface area (Å²) >= 11 is 3.45. The lowest BCUT2D eigenvalue weighted by Crippen LogP contribution is -2.26. The van der Waals surface area contributed by atoms with Crippen LogP contribution in [0.4, 0.5) is 0 Å². The van der Waals surface area contributed by atoms with Crippen molar-refractivity contribution in [2.24, 2.45) is 11.8 Å². The molecule has 1 aliphatic carbocycles. The first kappa shape index (κ1) is 15.5. The molecule has 0 aliphatic heterocycles. The molecule has 0 saturated heterocycles. The van der Waals surface area contributed by atoms with Gasteiger partial charge >= 0.3 is 5.97 Å². The zero-order valence-electron chi connectivity index (χ0n) is 11.9. The van der Waals surface area contributed by atoms with Crippen LogP contribution in [0.15, 0.2) is 22.7 Å². The third kappa shape index (κ3) is 4.32. The molecule has 4 heteroatoms. The number of carbonyl (C=O) groups is 1. The Bertz CT molecular complexity index is 476. The van der Waals surface area contributed by atoms with E-state index in [0.717, 1.165) is 35.0 Å². The molecule has 0 radical (unpaired) electrons. The Hall–Kier alpha value is -0.870. The van der Waals surface area contributed by atoms with E-state index < -0.39 is 5.97 Å². The predicted molar refractivity (Wildman–Crippen MR) is 83.9 cm³/mol. The summed E-state index contributed by atoms with van der Waals surface area (Å²) in [4.78, 5) is 10.9. The summed E-state index contributed by atoms with van der Waals surface area (Å²) in [5.74, 6) is 0.759. The number of benzene rings is 1. The maximum absolute atomic E-state index is 10.9. The minimum atomic E-state index is -0.888. The van der Waals surface area contributed by atoms with Crippen molar-refractivity contribution in [3.8, 4) is 0 Å². The number of halogens is 1. The van der Waals surface area contributed by atoms with Gasteiger partial charge in [0.1, 0.15) is 0 Å². The van der Waals surface area contributed by atoms with Gasteiger partial charge in [0, 0.05) is 11.0 Å². The molecular weight excluding hydrogens is 318 g/mol. The highest BCUT2D eigenvalue weighted by Crippen LogP contribution is 2.28. The van der Waals surface area contributed by atoms with E-state index in [1.165, 1.54) is 25.7 Å². The van der Waals surface area contributed by atoms with Crippen molar-refractivity contribution in [2.45, 2.75) is 39.2 Å². The van der Waals surface area contributed by atoms with Gasteiger partial charge in [0.15, 0.2) is 0 Å². The Morgan fingerprint density at radius 2 is 2.25 bits per heavy atom. The van der Waals surface area contributed by atoms with E-state index in [2.05, 4.69) is 28.2 Å². The second kappa shape index (κ2) is 7.23. The van der Waals surface area contributed by atoms with Gasteiger partial charge in [-0.05, 0) is 48.9 Å². The van der Waals surface area contributed by atoms with E-state index in [4.69, 9.17) is 5.11 Å². The van der Waals surface area contributed by atoms with Gasteiger partial charge in [-0.1, -0.05) is 41.8 Å². The minimum absolute atomic E-state index is 0.321. The second-order valence-electron chi connectivity index (χ2n) is 5.88. The minimum Gasteiger partial charge on any atom is -0.478 e. The Morgan fingerprint density at radius 1 is 1.45 bits per heavy atom. The van der Waals surface area contributed by atoms with Crippen LogP contribution < -0.4 is 5.32 Å². The average Bonchev–Trinajstić information content (AvgIpc) is 2.40. The third-order valence-corrected chi connectivity index (χ3v) is 4.83. The van der Waals surface area contributed by atoms with Crippen LogP contribution >= 0.6 is 15.9 Å². The van der Waals surface area contributed by atoms with Crippen LogP contribution in [0.1, 0.15) is 48.5 Å². The molecule has 0 aromatic heterocycles. The lowest BCUT2D eigenvalue weighted by Gasteiger charge is -2.26. The van der Waals surface area contributed by atoms with Gasteiger partial charge < -0.3 is 10.4 Å². The maximum atomic E-state index is 10.9. The summed E-state index contributed by atoms with van der Waals surface area (Å²) in [6, 6.07) is 5.21. The summed E-state index contributed by atoms with van der Waals surface area (Å²) in [6.07, 6.45) is 5.38. The number of rotatable bonds is 5. The largest absolute Gasteiger partial charge is 0.478 e. The van der Waals surface area contributed by atoms with Crippen molar-refractivity contribution in [2.75, 3.05) is 6.54 Å². The van der Waals surface area contributed by atoms with Crippen molar-refractivity contribution in [1.29, 1.82) is 0 Å². The first-order chi connectivity index (χ1) is 9.56. The molecule has 2 unspecified atom stereocenters. The molecule has 0 amide bonds. The number of carboxylic acid groups (broad SMARTS) is 1.